The van der Waals surface area contributed by atoms with Crippen LogP contribution in [0.1, 0.15) is 26.7 Å². The fourth-order valence-corrected chi connectivity index (χ4v) is 2.54. The molecule has 5 nitrogen and oxygen atoms in total. The Kier molecular flexibility index (Phi) is 4.82. The van der Waals surface area contributed by atoms with E-state index in [1.165, 1.54) is 0 Å². The van der Waals surface area contributed by atoms with Gasteiger partial charge in [-0.1, -0.05) is 6.08 Å². The molecule has 0 aromatic carbocycles. The van der Waals surface area contributed by atoms with Gasteiger partial charge in [0.2, 0.25) is 0 Å². The third kappa shape index (κ3) is 4.51. The Morgan fingerprint density at radius 2 is 2.05 bits per heavy atom. The minimum absolute atomic E-state index is 0.00853. The summed E-state index contributed by atoms with van der Waals surface area (Å²) in [5, 5.41) is 3.13. The summed E-state index contributed by atoms with van der Waals surface area (Å²) in [5.41, 5.74) is -0.223. The van der Waals surface area contributed by atoms with Gasteiger partial charge in [-0.05, 0) is 26.7 Å². The van der Waals surface area contributed by atoms with E-state index in [0.29, 0.717) is 0 Å². The van der Waals surface area contributed by atoms with Crippen LogP contribution in [-0.4, -0.2) is 60.8 Å². The van der Waals surface area contributed by atoms with E-state index in [9.17, 15) is 4.79 Å². The standard InChI is InChI=1S/C14H25N3O2/c1-14(2,12-16-8-10-19-11-9-16)15-13(18)17-6-4-3-5-7-17/h4,6H,3,5,7-12H2,1-2H3,(H,15,18). The van der Waals surface area contributed by atoms with E-state index in [1.54, 1.807) is 4.90 Å². The Labute approximate surface area is 115 Å². The van der Waals surface area contributed by atoms with Crippen molar-refractivity contribution in [3.8, 4) is 0 Å². The highest BCUT2D eigenvalue weighted by Gasteiger charge is 2.26. The molecule has 0 unspecified atom stereocenters. The highest BCUT2D eigenvalue weighted by molar-refractivity contribution is 5.76. The molecule has 19 heavy (non-hydrogen) atoms. The van der Waals surface area contributed by atoms with Crippen molar-refractivity contribution in [2.75, 3.05) is 39.4 Å². The van der Waals surface area contributed by atoms with E-state index in [-0.39, 0.29) is 11.6 Å². The molecule has 1 N–H and O–H groups in total. The van der Waals surface area contributed by atoms with E-state index in [0.717, 1.165) is 52.2 Å². The smallest absolute Gasteiger partial charge is 0.321 e. The fourth-order valence-electron chi connectivity index (χ4n) is 2.54. The number of ether oxygens (including phenoxy) is 1. The maximum absolute atomic E-state index is 12.2. The summed E-state index contributed by atoms with van der Waals surface area (Å²) in [7, 11) is 0. The van der Waals surface area contributed by atoms with Crippen LogP contribution in [0.3, 0.4) is 0 Å². The van der Waals surface area contributed by atoms with Crippen LogP contribution in [0.5, 0.6) is 0 Å². The quantitative estimate of drug-likeness (QED) is 0.841. The number of hydrogen-bond donors (Lipinski definition) is 1. The van der Waals surface area contributed by atoms with Crippen molar-refractivity contribution in [1.29, 1.82) is 0 Å². The van der Waals surface area contributed by atoms with Crippen molar-refractivity contribution in [3.05, 3.63) is 12.3 Å². The number of carbonyl (C=O) groups is 1. The van der Waals surface area contributed by atoms with E-state index < -0.39 is 0 Å². The molecular formula is C14H25N3O2. The van der Waals surface area contributed by atoms with Gasteiger partial charge in [0.15, 0.2) is 0 Å². The highest BCUT2D eigenvalue weighted by atomic mass is 16.5. The molecule has 0 bridgehead atoms. The van der Waals surface area contributed by atoms with E-state index in [2.05, 4.69) is 30.1 Å². The molecule has 2 aliphatic heterocycles. The molecule has 0 atom stereocenters. The number of amides is 2. The fraction of sp³-hybridized carbons (Fsp3) is 0.786. The molecule has 1 fully saturated rings. The average molecular weight is 267 g/mol. The van der Waals surface area contributed by atoms with Crippen molar-refractivity contribution < 1.29 is 9.53 Å². The van der Waals surface area contributed by atoms with Crippen molar-refractivity contribution in [2.45, 2.75) is 32.2 Å². The summed E-state index contributed by atoms with van der Waals surface area (Å²) < 4.78 is 5.34. The number of carbonyl (C=O) groups excluding carboxylic acids is 1. The summed E-state index contributed by atoms with van der Waals surface area (Å²) in [4.78, 5) is 16.3. The van der Waals surface area contributed by atoms with Crippen LogP contribution in [0.4, 0.5) is 4.79 Å². The Hall–Kier alpha value is -1.07. The average Bonchev–Trinajstić information content (AvgIpc) is 2.39. The normalized spacial score (nSPS) is 21.5. The van der Waals surface area contributed by atoms with Gasteiger partial charge < -0.3 is 15.0 Å². The number of nitrogens with zero attached hydrogens (tertiary/aromatic N) is 2. The third-order valence-corrected chi connectivity index (χ3v) is 3.48. The molecule has 5 heteroatoms. The molecule has 0 aliphatic carbocycles. The molecule has 108 valence electrons. The van der Waals surface area contributed by atoms with E-state index in [1.807, 2.05) is 6.20 Å². The molecular weight excluding hydrogens is 242 g/mol. The van der Waals surface area contributed by atoms with Gasteiger partial charge in [-0.15, -0.1) is 0 Å². The van der Waals surface area contributed by atoms with Crippen molar-refractivity contribution in [3.63, 3.8) is 0 Å². The van der Waals surface area contributed by atoms with Gasteiger partial charge in [-0.25, -0.2) is 4.79 Å². The van der Waals surface area contributed by atoms with Crippen LogP contribution in [0.2, 0.25) is 0 Å². The van der Waals surface area contributed by atoms with Crippen LogP contribution in [0, 0.1) is 0 Å². The lowest BCUT2D eigenvalue weighted by molar-refractivity contribution is 0.0277. The van der Waals surface area contributed by atoms with Gasteiger partial charge in [0, 0.05) is 37.9 Å². The lowest BCUT2D eigenvalue weighted by atomic mass is 10.0. The van der Waals surface area contributed by atoms with Crippen LogP contribution in [-0.2, 0) is 4.74 Å². The molecule has 2 amide bonds. The zero-order valence-corrected chi connectivity index (χ0v) is 12.0. The van der Waals surface area contributed by atoms with Gasteiger partial charge in [-0.2, -0.15) is 0 Å². The molecule has 2 rings (SSSR count). The predicted molar refractivity (Wildman–Crippen MR) is 74.9 cm³/mol. The zero-order chi connectivity index (χ0) is 13.7. The summed E-state index contributed by atoms with van der Waals surface area (Å²) in [6.45, 7) is 9.31. The summed E-state index contributed by atoms with van der Waals surface area (Å²) >= 11 is 0. The lowest BCUT2D eigenvalue weighted by Crippen LogP contribution is -2.56. The molecule has 0 aromatic rings. The van der Waals surface area contributed by atoms with E-state index >= 15 is 0 Å². The van der Waals surface area contributed by atoms with Gasteiger partial charge in [-0.3, -0.25) is 4.90 Å². The second kappa shape index (κ2) is 6.39. The van der Waals surface area contributed by atoms with Crippen molar-refractivity contribution in [1.82, 2.24) is 15.1 Å². The largest absolute Gasteiger partial charge is 0.379 e. The summed E-state index contributed by atoms with van der Waals surface area (Å²) in [6.07, 6.45) is 6.07. The molecule has 0 aromatic heterocycles. The lowest BCUT2D eigenvalue weighted by Gasteiger charge is -2.36. The summed E-state index contributed by atoms with van der Waals surface area (Å²) in [6, 6.07) is 0.00853. The second-order valence-electron chi connectivity index (χ2n) is 5.92. The Balaban J connectivity index is 1.83. The Morgan fingerprint density at radius 3 is 2.68 bits per heavy atom. The first-order valence-corrected chi connectivity index (χ1v) is 7.12. The maximum Gasteiger partial charge on any atom is 0.321 e. The minimum Gasteiger partial charge on any atom is -0.379 e. The molecule has 1 saturated heterocycles. The maximum atomic E-state index is 12.2. The topological polar surface area (TPSA) is 44.8 Å². The van der Waals surface area contributed by atoms with Gasteiger partial charge in [0.1, 0.15) is 0 Å². The highest BCUT2D eigenvalue weighted by Crippen LogP contribution is 2.11. The van der Waals surface area contributed by atoms with Crippen LogP contribution in [0.15, 0.2) is 12.3 Å². The van der Waals surface area contributed by atoms with Crippen LogP contribution < -0.4 is 5.32 Å². The number of rotatable bonds is 3. The first-order valence-electron chi connectivity index (χ1n) is 7.12. The Bertz CT molecular complexity index is 336. The van der Waals surface area contributed by atoms with Crippen LogP contribution in [0.25, 0.3) is 0 Å². The number of allylic oxidation sites excluding steroid dienone is 1. The zero-order valence-electron chi connectivity index (χ0n) is 12.0. The van der Waals surface area contributed by atoms with E-state index in [4.69, 9.17) is 4.74 Å². The van der Waals surface area contributed by atoms with Crippen LogP contribution >= 0.6 is 0 Å². The predicted octanol–water partition coefficient (Wildman–Crippen LogP) is 1.42. The molecule has 0 spiro atoms. The SMILES string of the molecule is CC(C)(CN1CCOCC1)NC(=O)N1C=CCCC1. The number of morpholine rings is 1. The van der Waals surface area contributed by atoms with Crippen molar-refractivity contribution in [2.24, 2.45) is 0 Å². The number of hydrogen-bond acceptors (Lipinski definition) is 3. The summed E-state index contributed by atoms with van der Waals surface area (Å²) in [5.74, 6) is 0. The van der Waals surface area contributed by atoms with Gasteiger partial charge >= 0.3 is 6.03 Å². The van der Waals surface area contributed by atoms with Gasteiger partial charge in [0.05, 0.1) is 13.2 Å². The third-order valence-electron chi connectivity index (χ3n) is 3.48. The monoisotopic (exact) mass is 267 g/mol. The minimum atomic E-state index is -0.223. The van der Waals surface area contributed by atoms with Crippen molar-refractivity contribution >= 4 is 6.03 Å². The number of urea groups is 1. The molecule has 0 saturated carbocycles. The Morgan fingerprint density at radius 1 is 1.32 bits per heavy atom. The molecule has 0 radical (unpaired) electrons. The first kappa shape index (κ1) is 14.3. The van der Waals surface area contributed by atoms with Gasteiger partial charge in [0.25, 0.3) is 0 Å². The second-order valence-corrected chi connectivity index (χ2v) is 5.92. The molecule has 2 heterocycles. The first-order chi connectivity index (χ1) is 9.07. The molecule has 2 aliphatic rings. The number of nitrogens with one attached hydrogen (secondary N) is 1.